The third kappa shape index (κ3) is 4.12. The van der Waals surface area contributed by atoms with Crippen molar-refractivity contribution < 1.29 is 19.5 Å². The van der Waals surface area contributed by atoms with Crippen molar-refractivity contribution in [1.82, 2.24) is 10.2 Å². The Labute approximate surface area is 152 Å². The number of amides is 2. The summed E-state index contributed by atoms with van der Waals surface area (Å²) in [6, 6.07) is 3.10. The number of phenolic OH excluding ortho intramolecular Hbond substituents is 1. The maximum atomic E-state index is 13.0. The minimum absolute atomic E-state index is 0.0629. The van der Waals surface area contributed by atoms with E-state index < -0.39 is 23.4 Å². The van der Waals surface area contributed by atoms with E-state index in [1.807, 2.05) is 20.8 Å². The molecular formula is C18H23ClN2O4. The summed E-state index contributed by atoms with van der Waals surface area (Å²) in [7, 11) is 0. The summed E-state index contributed by atoms with van der Waals surface area (Å²) in [6.45, 7) is 6.02. The Bertz CT molecular complexity index is 684. The van der Waals surface area contributed by atoms with Crippen LogP contribution < -0.4 is 5.32 Å². The smallest absolute Gasteiger partial charge is 0.253 e. The van der Waals surface area contributed by atoms with E-state index in [0.717, 1.165) is 12.7 Å². The molecule has 25 heavy (non-hydrogen) atoms. The molecule has 1 heterocycles. The first kappa shape index (κ1) is 19.2. The van der Waals surface area contributed by atoms with Crippen molar-refractivity contribution >= 4 is 29.7 Å². The van der Waals surface area contributed by atoms with Crippen LogP contribution in [0.5, 0.6) is 5.75 Å². The fraction of sp³-hybridized carbons (Fsp3) is 0.500. The molecule has 0 aliphatic carbocycles. The molecule has 2 N–H and O–H groups in total. The van der Waals surface area contributed by atoms with Crippen LogP contribution in [-0.2, 0) is 9.59 Å². The van der Waals surface area contributed by atoms with Crippen LogP contribution in [0.3, 0.4) is 0 Å². The molecule has 1 aliphatic heterocycles. The lowest BCUT2D eigenvalue weighted by Crippen LogP contribution is -2.55. The summed E-state index contributed by atoms with van der Waals surface area (Å²) in [5.41, 5.74) is -0.469. The average Bonchev–Trinajstić information content (AvgIpc) is 3.02. The van der Waals surface area contributed by atoms with Crippen molar-refractivity contribution in [2.75, 3.05) is 6.54 Å². The van der Waals surface area contributed by atoms with E-state index in [0.29, 0.717) is 13.0 Å². The quantitative estimate of drug-likeness (QED) is 0.801. The highest BCUT2D eigenvalue weighted by Crippen LogP contribution is 2.29. The predicted octanol–water partition coefficient (Wildman–Crippen LogP) is 2.38. The maximum absolute atomic E-state index is 13.0. The van der Waals surface area contributed by atoms with Crippen molar-refractivity contribution in [3.8, 4) is 5.75 Å². The molecule has 2 atom stereocenters. The number of carbonyl (C=O) groups excluding carboxylic acids is 3. The minimum atomic E-state index is -0.820. The van der Waals surface area contributed by atoms with E-state index in [4.69, 9.17) is 11.6 Å². The number of carbonyl (C=O) groups is 3. The topological polar surface area (TPSA) is 86.7 Å². The largest absolute Gasteiger partial charge is 0.506 e. The molecular weight excluding hydrogens is 344 g/mol. The number of rotatable bonds is 4. The van der Waals surface area contributed by atoms with Crippen LogP contribution in [0.2, 0.25) is 5.02 Å². The van der Waals surface area contributed by atoms with E-state index in [-0.39, 0.29) is 22.2 Å². The van der Waals surface area contributed by atoms with Gasteiger partial charge in [-0.3, -0.25) is 9.59 Å². The van der Waals surface area contributed by atoms with Gasteiger partial charge in [-0.25, -0.2) is 0 Å². The number of nitrogens with one attached hydrogen (secondary N) is 1. The number of likely N-dealkylation sites (tertiary alicyclic amines) is 1. The molecule has 1 aliphatic rings. The molecule has 136 valence electrons. The van der Waals surface area contributed by atoms with Gasteiger partial charge in [0.1, 0.15) is 18.1 Å². The number of hydrogen-bond acceptors (Lipinski definition) is 4. The van der Waals surface area contributed by atoms with Gasteiger partial charge < -0.3 is 20.1 Å². The van der Waals surface area contributed by atoms with Crippen molar-refractivity contribution in [2.45, 2.75) is 45.7 Å². The zero-order valence-corrected chi connectivity index (χ0v) is 15.3. The van der Waals surface area contributed by atoms with Gasteiger partial charge in [0.15, 0.2) is 0 Å². The number of benzene rings is 1. The summed E-state index contributed by atoms with van der Waals surface area (Å²) in [6.07, 6.45) is 2.18. The van der Waals surface area contributed by atoms with Gasteiger partial charge in [-0.15, -0.1) is 0 Å². The van der Waals surface area contributed by atoms with Gasteiger partial charge in [-0.2, -0.15) is 0 Å². The molecule has 6 nitrogen and oxygen atoms in total. The van der Waals surface area contributed by atoms with E-state index >= 15 is 0 Å². The van der Waals surface area contributed by atoms with Gasteiger partial charge >= 0.3 is 0 Å². The molecule has 2 amide bonds. The number of aromatic hydroxyl groups is 1. The Morgan fingerprint density at radius 3 is 2.68 bits per heavy atom. The molecule has 0 saturated carbocycles. The normalized spacial score (nSPS) is 18.7. The van der Waals surface area contributed by atoms with E-state index in [9.17, 15) is 19.5 Å². The van der Waals surface area contributed by atoms with Crippen LogP contribution in [-0.4, -0.2) is 46.7 Å². The Hall–Kier alpha value is -2.08. The lowest BCUT2D eigenvalue weighted by Gasteiger charge is -2.34. The standard InChI is InChI=1S/C18H23ClN2O4/c1-18(2,3)15(17(25)21-9-5-6-11(21)10-22)20-16(24)12-7-4-8-13(23)14(12)19/h4,7-8,10-11,15,23H,5-6,9H2,1-3H3,(H,20,24)/t11-,15+/m0/s1. The second-order valence-electron chi connectivity index (χ2n) is 7.29. The Morgan fingerprint density at radius 2 is 2.08 bits per heavy atom. The zero-order chi connectivity index (χ0) is 18.8. The Balaban J connectivity index is 2.26. The number of aldehydes is 1. The summed E-state index contributed by atoms with van der Waals surface area (Å²) < 4.78 is 0. The Morgan fingerprint density at radius 1 is 1.40 bits per heavy atom. The van der Waals surface area contributed by atoms with Crippen LogP contribution in [0.1, 0.15) is 44.0 Å². The highest BCUT2D eigenvalue weighted by atomic mass is 35.5. The monoisotopic (exact) mass is 366 g/mol. The van der Waals surface area contributed by atoms with Gasteiger partial charge in [-0.05, 0) is 30.4 Å². The van der Waals surface area contributed by atoms with Gasteiger partial charge in [0, 0.05) is 6.54 Å². The zero-order valence-electron chi connectivity index (χ0n) is 14.6. The fourth-order valence-corrected chi connectivity index (χ4v) is 3.14. The molecule has 0 unspecified atom stereocenters. The highest BCUT2D eigenvalue weighted by Gasteiger charge is 2.39. The summed E-state index contributed by atoms with van der Waals surface area (Å²) in [4.78, 5) is 38.3. The average molecular weight is 367 g/mol. The first-order chi connectivity index (χ1) is 11.7. The lowest BCUT2D eigenvalue weighted by atomic mass is 9.85. The van der Waals surface area contributed by atoms with Crippen LogP contribution in [0.4, 0.5) is 0 Å². The van der Waals surface area contributed by atoms with Crippen LogP contribution in [0.25, 0.3) is 0 Å². The highest BCUT2D eigenvalue weighted by molar-refractivity contribution is 6.35. The molecule has 1 aromatic carbocycles. The molecule has 0 radical (unpaired) electrons. The number of nitrogens with zero attached hydrogens (tertiary/aromatic N) is 1. The Kier molecular flexibility index (Phi) is 5.72. The SMILES string of the molecule is CC(C)(C)[C@H](NC(=O)c1cccc(O)c1Cl)C(=O)N1CCC[C@H]1C=O. The van der Waals surface area contributed by atoms with Gasteiger partial charge in [-0.1, -0.05) is 38.4 Å². The predicted molar refractivity (Wildman–Crippen MR) is 94.6 cm³/mol. The lowest BCUT2D eigenvalue weighted by molar-refractivity contribution is -0.138. The van der Waals surface area contributed by atoms with Crippen LogP contribution >= 0.6 is 11.6 Å². The molecule has 7 heteroatoms. The second kappa shape index (κ2) is 7.44. The molecule has 1 saturated heterocycles. The number of halogens is 1. The van der Waals surface area contributed by atoms with Crippen molar-refractivity contribution in [3.05, 3.63) is 28.8 Å². The molecule has 2 rings (SSSR count). The van der Waals surface area contributed by atoms with Crippen molar-refractivity contribution in [3.63, 3.8) is 0 Å². The summed E-state index contributed by atoms with van der Waals surface area (Å²) in [5, 5.41) is 12.3. The number of phenols is 1. The maximum Gasteiger partial charge on any atom is 0.253 e. The van der Waals surface area contributed by atoms with Crippen molar-refractivity contribution in [2.24, 2.45) is 5.41 Å². The van der Waals surface area contributed by atoms with E-state index in [1.54, 1.807) is 0 Å². The minimum Gasteiger partial charge on any atom is -0.506 e. The van der Waals surface area contributed by atoms with E-state index in [2.05, 4.69) is 5.32 Å². The van der Waals surface area contributed by atoms with Crippen LogP contribution in [0, 0.1) is 5.41 Å². The van der Waals surface area contributed by atoms with Crippen LogP contribution in [0.15, 0.2) is 18.2 Å². The molecule has 1 aromatic rings. The fourth-order valence-electron chi connectivity index (χ4n) is 2.93. The number of hydrogen-bond donors (Lipinski definition) is 2. The molecule has 0 aromatic heterocycles. The van der Waals surface area contributed by atoms with Crippen molar-refractivity contribution in [1.29, 1.82) is 0 Å². The van der Waals surface area contributed by atoms with Gasteiger partial charge in [0.2, 0.25) is 5.91 Å². The second-order valence-corrected chi connectivity index (χ2v) is 7.67. The first-order valence-corrected chi connectivity index (χ1v) is 8.58. The third-order valence-electron chi connectivity index (χ3n) is 4.35. The van der Waals surface area contributed by atoms with E-state index in [1.165, 1.54) is 23.1 Å². The first-order valence-electron chi connectivity index (χ1n) is 8.21. The van der Waals surface area contributed by atoms with Gasteiger partial charge in [0.25, 0.3) is 5.91 Å². The van der Waals surface area contributed by atoms with Gasteiger partial charge in [0.05, 0.1) is 16.6 Å². The molecule has 0 bridgehead atoms. The molecule has 0 spiro atoms. The summed E-state index contributed by atoms with van der Waals surface area (Å²) in [5.74, 6) is -1.03. The molecule has 1 fully saturated rings. The third-order valence-corrected chi connectivity index (χ3v) is 4.75. The summed E-state index contributed by atoms with van der Waals surface area (Å²) >= 11 is 5.99.